The van der Waals surface area contributed by atoms with Crippen LogP contribution in [0, 0.1) is 0 Å². The molecule has 2 aromatic carbocycles. The second-order valence-corrected chi connectivity index (χ2v) is 10.2. The number of hydrogen-bond acceptors (Lipinski definition) is 4. The summed E-state index contributed by atoms with van der Waals surface area (Å²) in [5.74, 6) is -3.83. The van der Waals surface area contributed by atoms with Gasteiger partial charge in [0.25, 0.3) is 0 Å². The van der Waals surface area contributed by atoms with Crippen LogP contribution in [0.2, 0.25) is 0 Å². The van der Waals surface area contributed by atoms with Crippen LogP contribution in [0.3, 0.4) is 0 Å². The lowest BCUT2D eigenvalue weighted by Crippen LogP contribution is -2.61. The van der Waals surface area contributed by atoms with Crippen molar-refractivity contribution in [1.29, 1.82) is 0 Å². The van der Waals surface area contributed by atoms with Gasteiger partial charge < -0.3 is 10.1 Å². The molecule has 1 amide bonds. The average molecular weight is 533 g/mol. The van der Waals surface area contributed by atoms with Crippen LogP contribution in [0.5, 0.6) is 5.75 Å². The Kier molecular flexibility index (Phi) is 7.58. The van der Waals surface area contributed by atoms with E-state index in [9.17, 15) is 39.6 Å². The van der Waals surface area contributed by atoms with E-state index in [2.05, 4.69) is 4.74 Å². The summed E-state index contributed by atoms with van der Waals surface area (Å²) in [6.45, 7) is 1.45. The van der Waals surface area contributed by atoms with Crippen LogP contribution in [0.4, 0.5) is 26.3 Å². The van der Waals surface area contributed by atoms with Crippen LogP contribution >= 0.6 is 0 Å². The standard InChI is InChI=1S/C24H21F6NO4S/c1-2-36(33,34)17-12-10-16(11-13-17)15-21(32)31-22(23(25,26)27)14-6-5-8-19(22)18-7-3-4-9-20(18)35-24(28,29)30/h3-14,19H,2,15H2,1H3,(H,31,32). The lowest BCUT2D eigenvalue weighted by Gasteiger charge is -2.41. The highest BCUT2D eigenvalue weighted by atomic mass is 32.2. The molecule has 2 atom stereocenters. The monoisotopic (exact) mass is 533 g/mol. The first-order valence-corrected chi connectivity index (χ1v) is 12.2. The van der Waals surface area contributed by atoms with Gasteiger partial charge in [0.2, 0.25) is 5.91 Å². The molecule has 0 spiro atoms. The van der Waals surface area contributed by atoms with Crippen molar-refractivity contribution in [2.75, 3.05) is 5.75 Å². The number of nitrogens with one attached hydrogen (secondary N) is 1. The van der Waals surface area contributed by atoms with Gasteiger partial charge in [-0.05, 0) is 29.8 Å². The molecule has 12 heteroatoms. The Hall–Kier alpha value is -3.28. The normalized spacial score (nSPS) is 20.2. The zero-order valence-corrected chi connectivity index (χ0v) is 19.5. The van der Waals surface area contributed by atoms with Crippen LogP contribution in [-0.2, 0) is 21.1 Å². The van der Waals surface area contributed by atoms with Crippen molar-refractivity contribution in [3.63, 3.8) is 0 Å². The molecular formula is C24H21F6NO4S. The molecule has 0 saturated carbocycles. The predicted octanol–water partition coefficient (Wildman–Crippen LogP) is 5.25. The summed E-state index contributed by atoms with van der Waals surface area (Å²) >= 11 is 0. The molecule has 0 fully saturated rings. The highest BCUT2D eigenvalue weighted by Crippen LogP contribution is 2.47. The third-order valence-corrected chi connectivity index (χ3v) is 7.34. The van der Waals surface area contributed by atoms with E-state index in [0.717, 1.165) is 24.3 Å². The van der Waals surface area contributed by atoms with E-state index >= 15 is 0 Å². The van der Waals surface area contributed by atoms with Crippen LogP contribution in [0.25, 0.3) is 0 Å². The number of alkyl halides is 6. The first-order valence-electron chi connectivity index (χ1n) is 10.6. The van der Waals surface area contributed by atoms with Gasteiger partial charge in [-0.2, -0.15) is 13.2 Å². The summed E-state index contributed by atoms with van der Waals surface area (Å²) in [7, 11) is -3.51. The van der Waals surface area contributed by atoms with Crippen molar-refractivity contribution in [1.82, 2.24) is 5.32 Å². The minimum Gasteiger partial charge on any atom is -0.405 e. The molecule has 0 bridgehead atoms. The fourth-order valence-electron chi connectivity index (χ4n) is 3.84. The Morgan fingerprint density at radius 2 is 1.64 bits per heavy atom. The maximum atomic E-state index is 14.5. The molecule has 194 valence electrons. The van der Waals surface area contributed by atoms with Crippen molar-refractivity contribution in [3.05, 3.63) is 84.0 Å². The van der Waals surface area contributed by atoms with E-state index in [1.165, 1.54) is 49.4 Å². The molecule has 2 aromatic rings. The van der Waals surface area contributed by atoms with Crippen molar-refractivity contribution in [3.8, 4) is 5.75 Å². The number of sulfone groups is 1. The quantitative estimate of drug-likeness (QED) is 0.494. The van der Waals surface area contributed by atoms with Crippen LogP contribution in [0.15, 0.2) is 77.7 Å². The van der Waals surface area contributed by atoms with Gasteiger partial charge in [0.1, 0.15) is 5.75 Å². The molecule has 0 radical (unpaired) electrons. The minimum atomic E-state index is -5.15. The third kappa shape index (κ3) is 5.92. The lowest BCUT2D eigenvalue weighted by atomic mass is 9.75. The Balaban J connectivity index is 1.95. The Morgan fingerprint density at radius 3 is 2.22 bits per heavy atom. The topological polar surface area (TPSA) is 72.5 Å². The summed E-state index contributed by atoms with van der Waals surface area (Å²) in [5.41, 5.74) is -3.26. The molecule has 1 aliphatic carbocycles. The van der Waals surface area contributed by atoms with E-state index in [1.54, 1.807) is 0 Å². The second-order valence-electron chi connectivity index (χ2n) is 7.95. The van der Waals surface area contributed by atoms with Gasteiger partial charge in [-0.25, -0.2) is 8.42 Å². The zero-order valence-electron chi connectivity index (χ0n) is 18.7. The van der Waals surface area contributed by atoms with Crippen LogP contribution in [-0.4, -0.2) is 38.2 Å². The van der Waals surface area contributed by atoms with E-state index in [4.69, 9.17) is 0 Å². The lowest BCUT2D eigenvalue weighted by molar-refractivity contribution is -0.275. The molecule has 1 N–H and O–H groups in total. The third-order valence-electron chi connectivity index (χ3n) is 5.59. The molecule has 1 aliphatic rings. The zero-order chi connectivity index (χ0) is 26.8. The molecule has 5 nitrogen and oxygen atoms in total. The van der Waals surface area contributed by atoms with Crippen molar-refractivity contribution in [2.45, 2.75) is 42.2 Å². The number of rotatable bonds is 7. The number of carbonyl (C=O) groups is 1. The Labute approximate surface area is 203 Å². The van der Waals surface area contributed by atoms with Gasteiger partial charge in [-0.1, -0.05) is 55.5 Å². The van der Waals surface area contributed by atoms with Crippen molar-refractivity contribution >= 4 is 15.7 Å². The van der Waals surface area contributed by atoms with Gasteiger partial charge in [0, 0.05) is 11.5 Å². The minimum absolute atomic E-state index is 0.00241. The fraction of sp³-hybridized carbons (Fsp3) is 0.292. The molecule has 0 saturated heterocycles. The van der Waals surface area contributed by atoms with E-state index in [1.807, 2.05) is 5.32 Å². The number of halogens is 6. The first kappa shape index (κ1) is 27.3. The number of benzene rings is 2. The smallest absolute Gasteiger partial charge is 0.405 e. The first-order chi connectivity index (χ1) is 16.7. The van der Waals surface area contributed by atoms with Gasteiger partial charge >= 0.3 is 12.5 Å². The summed E-state index contributed by atoms with van der Waals surface area (Å²) < 4.78 is 110. The molecule has 0 aromatic heterocycles. The van der Waals surface area contributed by atoms with Crippen molar-refractivity contribution < 1.29 is 44.3 Å². The number of ether oxygens (including phenoxy) is 1. The number of para-hydroxylation sites is 1. The van der Waals surface area contributed by atoms with Crippen molar-refractivity contribution in [2.24, 2.45) is 0 Å². The largest absolute Gasteiger partial charge is 0.573 e. The van der Waals surface area contributed by atoms with Crippen LogP contribution < -0.4 is 10.1 Å². The van der Waals surface area contributed by atoms with Crippen LogP contribution in [0.1, 0.15) is 24.0 Å². The van der Waals surface area contributed by atoms with Gasteiger partial charge in [0.15, 0.2) is 15.4 Å². The maximum Gasteiger partial charge on any atom is 0.573 e. The molecule has 36 heavy (non-hydrogen) atoms. The molecule has 3 rings (SSSR count). The number of allylic oxidation sites excluding steroid dienone is 2. The maximum absolute atomic E-state index is 14.5. The average Bonchev–Trinajstić information content (AvgIpc) is 2.78. The number of hydrogen-bond donors (Lipinski definition) is 1. The SMILES string of the molecule is CCS(=O)(=O)c1ccc(CC(=O)NC2(C(F)(F)F)C=CC=CC2c2ccccc2OC(F)(F)F)cc1. The van der Waals surface area contributed by atoms with Gasteiger partial charge in [-0.3, -0.25) is 4.79 Å². The number of carbonyl (C=O) groups excluding carboxylic acids is 1. The number of amides is 1. The van der Waals surface area contributed by atoms with E-state index in [0.29, 0.717) is 6.08 Å². The highest BCUT2D eigenvalue weighted by molar-refractivity contribution is 7.91. The van der Waals surface area contributed by atoms with E-state index < -0.39 is 57.5 Å². The molecule has 0 heterocycles. The predicted molar refractivity (Wildman–Crippen MR) is 119 cm³/mol. The van der Waals surface area contributed by atoms with E-state index in [-0.39, 0.29) is 16.2 Å². The summed E-state index contributed by atoms with van der Waals surface area (Å²) in [6, 6.07) is 9.52. The Bertz CT molecular complexity index is 1270. The molecule has 0 aliphatic heterocycles. The van der Waals surface area contributed by atoms with Gasteiger partial charge in [-0.15, -0.1) is 13.2 Å². The fourth-order valence-corrected chi connectivity index (χ4v) is 4.73. The molecule has 2 unspecified atom stereocenters. The highest BCUT2D eigenvalue weighted by Gasteiger charge is 2.59. The summed E-state index contributed by atoms with van der Waals surface area (Å²) in [4.78, 5) is 12.8. The summed E-state index contributed by atoms with van der Waals surface area (Å²) in [5, 5.41) is 1.96. The summed E-state index contributed by atoms with van der Waals surface area (Å²) in [6.07, 6.45) is -6.80. The Morgan fingerprint density at radius 1 is 1.00 bits per heavy atom. The van der Waals surface area contributed by atoms with Gasteiger partial charge in [0.05, 0.1) is 17.1 Å². The molecular weight excluding hydrogens is 512 g/mol. The second kappa shape index (κ2) is 10.00.